The van der Waals surface area contributed by atoms with E-state index in [2.05, 4.69) is 36.7 Å². The molecule has 0 spiro atoms. The maximum atomic E-state index is 4.27. The maximum absolute atomic E-state index is 4.27. The van der Waals surface area contributed by atoms with E-state index in [0.717, 1.165) is 18.5 Å². The minimum Gasteiger partial charge on any atom is -0.248 e. The minimum atomic E-state index is 0.887. The molecule has 1 rings (SSSR count). The van der Waals surface area contributed by atoms with Gasteiger partial charge in [-0.15, -0.1) is 0 Å². The van der Waals surface area contributed by atoms with Crippen LogP contribution in [0.25, 0.3) is 0 Å². The Kier molecular flexibility index (Phi) is 4.78. The molecule has 0 atom stereocenters. The van der Waals surface area contributed by atoms with Gasteiger partial charge in [-0.3, -0.25) is 0 Å². The molecule has 14 heavy (non-hydrogen) atoms. The van der Waals surface area contributed by atoms with Crippen molar-refractivity contribution in [3.63, 3.8) is 0 Å². The molecule has 0 N–H and O–H groups in total. The van der Waals surface area contributed by atoms with Gasteiger partial charge in [-0.25, -0.2) is 4.98 Å². The summed E-state index contributed by atoms with van der Waals surface area (Å²) in [5.74, 6) is 6.20. The van der Waals surface area contributed by atoms with E-state index in [1.54, 1.807) is 0 Å². The van der Waals surface area contributed by atoms with E-state index in [1.807, 2.05) is 12.3 Å². The molecule has 0 radical (unpaired) electrons. The van der Waals surface area contributed by atoms with Gasteiger partial charge in [-0.05, 0) is 30.4 Å². The van der Waals surface area contributed by atoms with Crippen molar-refractivity contribution in [2.24, 2.45) is 0 Å². The summed E-state index contributed by atoms with van der Waals surface area (Å²) in [6.07, 6.45) is 6.31. The minimum absolute atomic E-state index is 0.887. The van der Waals surface area contributed by atoms with E-state index < -0.39 is 0 Å². The Morgan fingerprint density at radius 2 is 2.14 bits per heavy atom. The molecule has 0 bridgehead atoms. The molecule has 0 aliphatic carbocycles. The second-order valence-electron chi connectivity index (χ2n) is 3.31. The van der Waals surface area contributed by atoms with E-state index in [-0.39, 0.29) is 0 Å². The van der Waals surface area contributed by atoms with Gasteiger partial charge in [0.15, 0.2) is 0 Å². The van der Waals surface area contributed by atoms with E-state index in [4.69, 9.17) is 0 Å². The number of unbranched alkanes of at least 4 members (excludes halogenated alkanes) is 2. The van der Waals surface area contributed by atoms with Crippen molar-refractivity contribution in [3.8, 4) is 11.8 Å². The maximum Gasteiger partial charge on any atom is 0.113 e. The first-order valence-corrected chi connectivity index (χ1v) is 5.30. The molecule has 0 amide bonds. The predicted molar refractivity (Wildman–Crippen MR) is 60.0 cm³/mol. The van der Waals surface area contributed by atoms with Crippen LogP contribution in [0.3, 0.4) is 0 Å². The molecule has 0 aliphatic heterocycles. The molecule has 1 nitrogen and oxygen atoms in total. The van der Waals surface area contributed by atoms with Crippen LogP contribution in [0.1, 0.15) is 44.4 Å². The second-order valence-corrected chi connectivity index (χ2v) is 3.31. The molecule has 0 unspecified atom stereocenters. The van der Waals surface area contributed by atoms with Gasteiger partial charge in [0.2, 0.25) is 0 Å². The predicted octanol–water partition coefficient (Wildman–Crippen LogP) is 3.19. The SMILES string of the molecule is CCCCC#Cc1ccc(CC)cn1. The highest BCUT2D eigenvalue weighted by Gasteiger charge is 1.89. The topological polar surface area (TPSA) is 12.9 Å². The number of rotatable bonds is 3. The van der Waals surface area contributed by atoms with Crippen LogP contribution < -0.4 is 0 Å². The molecule has 0 aliphatic rings. The van der Waals surface area contributed by atoms with Crippen molar-refractivity contribution in [1.29, 1.82) is 0 Å². The lowest BCUT2D eigenvalue weighted by atomic mass is 10.2. The molecule has 1 heteroatoms. The summed E-state index contributed by atoms with van der Waals surface area (Å²) in [5, 5.41) is 0. The first-order valence-electron chi connectivity index (χ1n) is 5.30. The molecule has 1 heterocycles. The van der Waals surface area contributed by atoms with Crippen LogP contribution in [-0.2, 0) is 6.42 Å². The number of aromatic nitrogens is 1. The second kappa shape index (κ2) is 6.21. The molecule has 74 valence electrons. The standard InChI is InChI=1S/C13H17N/c1-3-5-6-7-8-13-10-9-12(4-2)11-14-13/h9-11H,3-6H2,1-2H3. The van der Waals surface area contributed by atoms with Crippen LogP contribution >= 0.6 is 0 Å². The van der Waals surface area contributed by atoms with Gasteiger partial charge >= 0.3 is 0 Å². The lowest BCUT2D eigenvalue weighted by Gasteiger charge is -1.94. The Bertz CT molecular complexity index is 313. The van der Waals surface area contributed by atoms with Crippen LogP contribution in [0.2, 0.25) is 0 Å². The van der Waals surface area contributed by atoms with Crippen LogP contribution in [-0.4, -0.2) is 4.98 Å². The Morgan fingerprint density at radius 1 is 1.29 bits per heavy atom. The summed E-state index contributed by atoms with van der Waals surface area (Å²) in [5.41, 5.74) is 2.16. The van der Waals surface area contributed by atoms with Crippen molar-refractivity contribution in [1.82, 2.24) is 4.98 Å². The lowest BCUT2D eigenvalue weighted by Crippen LogP contribution is -1.85. The summed E-state index contributed by atoms with van der Waals surface area (Å²) >= 11 is 0. The molecule has 0 aromatic carbocycles. The average Bonchev–Trinajstić information content (AvgIpc) is 2.25. The lowest BCUT2D eigenvalue weighted by molar-refractivity contribution is 0.828. The number of aryl methyl sites for hydroxylation is 1. The van der Waals surface area contributed by atoms with Gasteiger partial charge in [0, 0.05) is 12.6 Å². The third-order valence-electron chi connectivity index (χ3n) is 2.10. The molecular weight excluding hydrogens is 170 g/mol. The van der Waals surface area contributed by atoms with Crippen LogP contribution in [0, 0.1) is 11.8 Å². The Hall–Kier alpha value is -1.29. The number of hydrogen-bond acceptors (Lipinski definition) is 1. The average molecular weight is 187 g/mol. The van der Waals surface area contributed by atoms with Gasteiger partial charge < -0.3 is 0 Å². The van der Waals surface area contributed by atoms with Crippen molar-refractivity contribution in [3.05, 3.63) is 29.6 Å². The molecular formula is C13H17N. The van der Waals surface area contributed by atoms with E-state index in [9.17, 15) is 0 Å². The highest BCUT2D eigenvalue weighted by Crippen LogP contribution is 2.00. The summed E-state index contributed by atoms with van der Waals surface area (Å²) < 4.78 is 0. The smallest absolute Gasteiger partial charge is 0.113 e. The number of hydrogen-bond donors (Lipinski definition) is 0. The first-order chi connectivity index (χ1) is 6.86. The summed E-state index contributed by atoms with van der Waals surface area (Å²) in [4.78, 5) is 4.27. The molecule has 0 saturated carbocycles. The largest absolute Gasteiger partial charge is 0.248 e. The van der Waals surface area contributed by atoms with Crippen molar-refractivity contribution < 1.29 is 0 Å². The molecule has 1 aromatic rings. The fraction of sp³-hybridized carbons (Fsp3) is 0.462. The van der Waals surface area contributed by atoms with Gasteiger partial charge in [0.1, 0.15) is 5.69 Å². The first kappa shape index (κ1) is 10.8. The van der Waals surface area contributed by atoms with Gasteiger partial charge in [0.05, 0.1) is 0 Å². The third-order valence-corrected chi connectivity index (χ3v) is 2.10. The van der Waals surface area contributed by atoms with Crippen molar-refractivity contribution in [2.75, 3.05) is 0 Å². The van der Waals surface area contributed by atoms with Crippen LogP contribution in [0.15, 0.2) is 18.3 Å². The Labute approximate surface area is 86.6 Å². The van der Waals surface area contributed by atoms with Crippen LogP contribution in [0.5, 0.6) is 0 Å². The zero-order chi connectivity index (χ0) is 10.2. The zero-order valence-corrected chi connectivity index (χ0v) is 9.01. The van der Waals surface area contributed by atoms with E-state index >= 15 is 0 Å². The number of nitrogens with zero attached hydrogens (tertiary/aromatic N) is 1. The summed E-state index contributed by atoms with van der Waals surface area (Å²) in [6.45, 7) is 4.31. The van der Waals surface area contributed by atoms with Crippen LogP contribution in [0.4, 0.5) is 0 Å². The third kappa shape index (κ3) is 3.62. The van der Waals surface area contributed by atoms with E-state index in [1.165, 1.54) is 18.4 Å². The normalized spacial score (nSPS) is 9.29. The summed E-state index contributed by atoms with van der Waals surface area (Å²) in [6, 6.07) is 4.09. The zero-order valence-electron chi connectivity index (χ0n) is 9.01. The fourth-order valence-electron chi connectivity index (χ4n) is 1.13. The van der Waals surface area contributed by atoms with Gasteiger partial charge in [0.25, 0.3) is 0 Å². The molecule has 0 fully saturated rings. The highest BCUT2D eigenvalue weighted by molar-refractivity contribution is 5.28. The van der Waals surface area contributed by atoms with Gasteiger partial charge in [-0.1, -0.05) is 32.3 Å². The quantitative estimate of drug-likeness (QED) is 0.523. The highest BCUT2D eigenvalue weighted by atomic mass is 14.7. The van der Waals surface area contributed by atoms with Gasteiger partial charge in [-0.2, -0.15) is 0 Å². The van der Waals surface area contributed by atoms with Crippen molar-refractivity contribution >= 4 is 0 Å². The Balaban J connectivity index is 2.53. The molecule has 1 aromatic heterocycles. The monoisotopic (exact) mass is 187 g/mol. The molecule has 0 saturated heterocycles. The summed E-state index contributed by atoms with van der Waals surface area (Å²) in [7, 11) is 0. The fourth-order valence-corrected chi connectivity index (χ4v) is 1.13. The Morgan fingerprint density at radius 3 is 2.71 bits per heavy atom. The number of pyridine rings is 1. The van der Waals surface area contributed by atoms with Crippen molar-refractivity contribution in [2.45, 2.75) is 39.5 Å². The van der Waals surface area contributed by atoms with E-state index in [0.29, 0.717) is 0 Å².